The minimum absolute atomic E-state index is 0.0492. The highest BCUT2D eigenvalue weighted by Crippen LogP contribution is 2.18. The Morgan fingerprint density at radius 3 is 2.68 bits per heavy atom. The second kappa shape index (κ2) is 6.73. The first-order chi connectivity index (χ1) is 9.16. The SMILES string of the molecule is O=C(CCNc1cccc(Br)c1)c1ccccc1Cl. The van der Waals surface area contributed by atoms with Crippen LogP contribution in [0.2, 0.25) is 5.02 Å². The Bertz CT molecular complexity index is 586. The number of anilines is 1. The molecule has 0 unspecified atom stereocenters. The van der Waals surface area contributed by atoms with Crippen molar-refractivity contribution in [1.29, 1.82) is 0 Å². The first kappa shape index (κ1) is 14.1. The molecule has 0 amide bonds. The topological polar surface area (TPSA) is 29.1 Å². The van der Waals surface area contributed by atoms with E-state index in [4.69, 9.17) is 11.6 Å². The van der Waals surface area contributed by atoms with Crippen LogP contribution in [0.3, 0.4) is 0 Å². The van der Waals surface area contributed by atoms with Gasteiger partial charge < -0.3 is 5.32 Å². The van der Waals surface area contributed by atoms with Crippen molar-refractivity contribution < 1.29 is 4.79 Å². The molecule has 0 bridgehead atoms. The van der Waals surface area contributed by atoms with Crippen molar-refractivity contribution in [2.45, 2.75) is 6.42 Å². The van der Waals surface area contributed by atoms with E-state index in [9.17, 15) is 4.79 Å². The number of halogens is 2. The summed E-state index contributed by atoms with van der Waals surface area (Å²) >= 11 is 9.39. The zero-order valence-corrected chi connectivity index (χ0v) is 12.5. The summed E-state index contributed by atoms with van der Waals surface area (Å²) in [5.41, 5.74) is 1.57. The summed E-state index contributed by atoms with van der Waals surface area (Å²) in [5, 5.41) is 3.72. The van der Waals surface area contributed by atoms with Gasteiger partial charge in [0.25, 0.3) is 0 Å². The van der Waals surface area contributed by atoms with Crippen molar-refractivity contribution in [2.24, 2.45) is 0 Å². The molecule has 0 fully saturated rings. The van der Waals surface area contributed by atoms with Crippen LogP contribution >= 0.6 is 27.5 Å². The fourth-order valence-electron chi connectivity index (χ4n) is 1.74. The van der Waals surface area contributed by atoms with Gasteiger partial charge in [0.2, 0.25) is 0 Å². The Morgan fingerprint density at radius 1 is 1.16 bits per heavy atom. The fraction of sp³-hybridized carbons (Fsp3) is 0.133. The van der Waals surface area contributed by atoms with E-state index < -0.39 is 0 Å². The molecule has 2 aromatic rings. The monoisotopic (exact) mass is 337 g/mol. The summed E-state index contributed by atoms with van der Waals surface area (Å²) in [6.45, 7) is 0.584. The smallest absolute Gasteiger partial charge is 0.166 e. The number of nitrogens with one attached hydrogen (secondary N) is 1. The second-order valence-electron chi connectivity index (χ2n) is 4.09. The number of hydrogen-bond donors (Lipinski definition) is 1. The summed E-state index contributed by atoms with van der Waals surface area (Å²) in [7, 11) is 0. The second-order valence-corrected chi connectivity index (χ2v) is 5.41. The molecule has 0 heterocycles. The molecule has 2 nitrogen and oxygen atoms in total. The van der Waals surface area contributed by atoms with Crippen molar-refractivity contribution in [2.75, 3.05) is 11.9 Å². The van der Waals surface area contributed by atoms with Gasteiger partial charge in [-0.25, -0.2) is 0 Å². The Labute approximate surface area is 125 Å². The predicted molar refractivity (Wildman–Crippen MR) is 83.0 cm³/mol. The molecule has 0 aromatic heterocycles. The summed E-state index contributed by atoms with van der Waals surface area (Å²) in [5.74, 6) is 0.0492. The van der Waals surface area contributed by atoms with Crippen LogP contribution in [0.25, 0.3) is 0 Å². The highest BCUT2D eigenvalue weighted by Gasteiger charge is 2.08. The Hall–Kier alpha value is -1.32. The van der Waals surface area contributed by atoms with E-state index in [1.807, 2.05) is 36.4 Å². The molecule has 0 atom stereocenters. The van der Waals surface area contributed by atoms with E-state index in [1.54, 1.807) is 12.1 Å². The van der Waals surface area contributed by atoms with Gasteiger partial charge in [-0.05, 0) is 30.3 Å². The highest BCUT2D eigenvalue weighted by atomic mass is 79.9. The molecule has 1 N–H and O–H groups in total. The third-order valence-corrected chi connectivity index (χ3v) is 3.50. The molecule has 0 radical (unpaired) electrons. The van der Waals surface area contributed by atoms with Crippen LogP contribution in [0.5, 0.6) is 0 Å². The molecule has 0 saturated carbocycles. The summed E-state index contributed by atoms with van der Waals surface area (Å²) in [6, 6.07) is 15.0. The van der Waals surface area contributed by atoms with Crippen LogP contribution in [0.4, 0.5) is 5.69 Å². The van der Waals surface area contributed by atoms with Crippen LogP contribution in [0.1, 0.15) is 16.8 Å². The van der Waals surface area contributed by atoms with Crippen molar-refractivity contribution in [1.82, 2.24) is 0 Å². The van der Waals surface area contributed by atoms with E-state index in [1.165, 1.54) is 0 Å². The van der Waals surface area contributed by atoms with Crippen LogP contribution in [-0.4, -0.2) is 12.3 Å². The first-order valence-electron chi connectivity index (χ1n) is 5.94. The molecule has 2 aromatic carbocycles. The molecular formula is C15H13BrClNO. The molecule has 0 aliphatic heterocycles. The molecule has 19 heavy (non-hydrogen) atoms. The normalized spacial score (nSPS) is 10.2. The summed E-state index contributed by atoms with van der Waals surface area (Å²) in [6.07, 6.45) is 0.413. The molecule has 0 aliphatic rings. The lowest BCUT2D eigenvalue weighted by molar-refractivity contribution is 0.0986. The van der Waals surface area contributed by atoms with E-state index >= 15 is 0 Å². The van der Waals surface area contributed by atoms with Gasteiger partial charge in [0.05, 0.1) is 5.02 Å². The lowest BCUT2D eigenvalue weighted by atomic mass is 10.1. The Morgan fingerprint density at radius 2 is 1.95 bits per heavy atom. The van der Waals surface area contributed by atoms with Gasteiger partial charge in [0.15, 0.2) is 5.78 Å². The Kier molecular flexibility index (Phi) is 5.00. The molecule has 0 aliphatic carbocycles. The maximum Gasteiger partial charge on any atom is 0.166 e. The zero-order chi connectivity index (χ0) is 13.7. The number of rotatable bonds is 5. The number of carbonyl (C=O) groups is 1. The van der Waals surface area contributed by atoms with Gasteiger partial charge >= 0.3 is 0 Å². The molecule has 0 spiro atoms. The largest absolute Gasteiger partial charge is 0.385 e. The lowest BCUT2D eigenvalue weighted by Gasteiger charge is -2.07. The van der Waals surface area contributed by atoms with Gasteiger partial charge in [-0.3, -0.25) is 4.79 Å². The maximum atomic E-state index is 12.0. The van der Waals surface area contributed by atoms with Crippen molar-refractivity contribution in [3.8, 4) is 0 Å². The van der Waals surface area contributed by atoms with Gasteiger partial charge in [0, 0.05) is 28.7 Å². The van der Waals surface area contributed by atoms with Gasteiger partial charge in [-0.2, -0.15) is 0 Å². The number of benzene rings is 2. The van der Waals surface area contributed by atoms with E-state index in [2.05, 4.69) is 21.2 Å². The third kappa shape index (κ3) is 4.08. The lowest BCUT2D eigenvalue weighted by Crippen LogP contribution is -2.09. The molecule has 2 rings (SSSR count). The molecule has 98 valence electrons. The minimum Gasteiger partial charge on any atom is -0.385 e. The van der Waals surface area contributed by atoms with Crippen LogP contribution in [0.15, 0.2) is 53.0 Å². The fourth-order valence-corrected chi connectivity index (χ4v) is 2.38. The Balaban J connectivity index is 1.90. The van der Waals surface area contributed by atoms with Gasteiger partial charge in [0.1, 0.15) is 0 Å². The van der Waals surface area contributed by atoms with Crippen LogP contribution in [0, 0.1) is 0 Å². The van der Waals surface area contributed by atoms with E-state index in [0.29, 0.717) is 23.6 Å². The molecular weight excluding hydrogens is 326 g/mol. The zero-order valence-electron chi connectivity index (χ0n) is 10.2. The van der Waals surface area contributed by atoms with Crippen LogP contribution < -0.4 is 5.32 Å². The number of hydrogen-bond acceptors (Lipinski definition) is 2. The molecule has 4 heteroatoms. The van der Waals surface area contributed by atoms with Gasteiger partial charge in [-0.15, -0.1) is 0 Å². The average molecular weight is 339 g/mol. The van der Waals surface area contributed by atoms with Crippen LogP contribution in [-0.2, 0) is 0 Å². The average Bonchev–Trinajstić information content (AvgIpc) is 2.39. The summed E-state index contributed by atoms with van der Waals surface area (Å²) in [4.78, 5) is 12.0. The van der Waals surface area contributed by atoms with Crippen molar-refractivity contribution in [3.63, 3.8) is 0 Å². The number of carbonyl (C=O) groups excluding carboxylic acids is 1. The predicted octanol–water partition coefficient (Wildman–Crippen LogP) is 4.79. The van der Waals surface area contributed by atoms with E-state index in [-0.39, 0.29) is 5.78 Å². The minimum atomic E-state index is 0.0492. The van der Waals surface area contributed by atoms with Crippen molar-refractivity contribution in [3.05, 3.63) is 63.6 Å². The summed E-state index contributed by atoms with van der Waals surface area (Å²) < 4.78 is 1.01. The van der Waals surface area contributed by atoms with Crippen molar-refractivity contribution >= 4 is 39.0 Å². The number of ketones is 1. The standard InChI is InChI=1S/C15H13BrClNO/c16-11-4-3-5-12(10-11)18-9-8-15(19)13-6-1-2-7-14(13)17/h1-7,10,18H,8-9H2. The number of Topliss-reactive ketones (excluding diaryl/α,β-unsaturated/α-hetero) is 1. The highest BCUT2D eigenvalue weighted by molar-refractivity contribution is 9.10. The van der Waals surface area contributed by atoms with E-state index in [0.717, 1.165) is 10.2 Å². The third-order valence-electron chi connectivity index (χ3n) is 2.68. The molecule has 0 saturated heterocycles. The first-order valence-corrected chi connectivity index (χ1v) is 7.11. The van der Waals surface area contributed by atoms with Gasteiger partial charge in [-0.1, -0.05) is 45.7 Å². The quantitative estimate of drug-likeness (QED) is 0.794. The maximum absolute atomic E-state index is 12.0.